The summed E-state index contributed by atoms with van der Waals surface area (Å²) >= 11 is 0. The summed E-state index contributed by atoms with van der Waals surface area (Å²) in [6, 6.07) is 36.0. The van der Waals surface area contributed by atoms with E-state index in [9.17, 15) is 28.8 Å². The number of nitrogens with one attached hydrogen (secondary N) is 6. The Labute approximate surface area is 497 Å². The van der Waals surface area contributed by atoms with Crippen LogP contribution in [0.1, 0.15) is 75.6 Å². The highest BCUT2D eigenvalue weighted by atomic mass is 16.5. The van der Waals surface area contributed by atoms with Crippen LogP contribution in [0.4, 0.5) is 0 Å². The molecule has 6 amide bonds. The van der Waals surface area contributed by atoms with Crippen molar-refractivity contribution in [1.29, 1.82) is 0 Å². The van der Waals surface area contributed by atoms with Crippen LogP contribution in [-0.4, -0.2) is 183 Å². The lowest BCUT2D eigenvalue weighted by Crippen LogP contribution is -2.59. The first kappa shape index (κ1) is 65.7. The predicted octanol–water partition coefficient (Wildman–Crippen LogP) is 3.69. The molecule has 0 radical (unpaired) electrons. The fraction of sp³-hybridized carbons (Fsp3) is 0.485. The first-order valence-corrected chi connectivity index (χ1v) is 29.6. The first-order valence-electron chi connectivity index (χ1n) is 29.6. The standard InChI is InChI=1S/C66H88N10O8/c1-49(67-5)63(79)71-61(65(81)75-37-23-33-57(75)47-73(39-35-53-25-13-9-14-26-53)59(77)45-69-43-55-29-17-11-18-30-55)51(3)83-41-21-7-8-22-42-84-52(4)62(72-64(80)50(2)68-6)66(82)76-38-24-34-58(76)48-74(40-36-54-27-15-10-16-28-54)60(78)46-70-44-56-31-19-12-20-32-56/h9-20,25-32,49-52,57-58,61-62,67-70H,23-24,33-48H2,1-6H3,(H,71,79)(H,72,80)/t49-,50+,51-,52-,57+,58+,61+,62+/m1/s1. The van der Waals surface area contributed by atoms with E-state index < -0.39 is 36.4 Å². The van der Waals surface area contributed by atoms with E-state index in [1.54, 1.807) is 51.6 Å². The molecule has 4 aromatic rings. The van der Waals surface area contributed by atoms with Crippen LogP contribution in [0.25, 0.3) is 0 Å². The molecule has 0 saturated carbocycles. The average molecular weight is 1150 g/mol. The molecule has 18 nitrogen and oxygen atoms in total. The van der Waals surface area contributed by atoms with Crippen LogP contribution in [0.5, 0.6) is 0 Å². The number of hydrogen-bond acceptors (Lipinski definition) is 12. The number of hydrogen-bond donors (Lipinski definition) is 6. The Morgan fingerprint density at radius 2 is 0.869 bits per heavy atom. The summed E-state index contributed by atoms with van der Waals surface area (Å²) in [6.07, 6.45) is 2.60. The molecule has 18 heteroatoms. The van der Waals surface area contributed by atoms with Gasteiger partial charge in [-0.2, -0.15) is 0 Å². The van der Waals surface area contributed by atoms with Crippen molar-refractivity contribution in [2.24, 2.45) is 0 Å². The van der Waals surface area contributed by atoms with Crippen molar-refractivity contribution >= 4 is 35.4 Å². The van der Waals surface area contributed by atoms with E-state index in [1.165, 1.54) is 0 Å². The van der Waals surface area contributed by atoms with Crippen LogP contribution < -0.4 is 31.9 Å². The van der Waals surface area contributed by atoms with E-state index in [-0.39, 0.29) is 73.8 Å². The number of ether oxygens (including phenoxy) is 2. The SMILES string of the molecule is CN[C@@H](C)C(=O)N[C@H](C(=O)N1CCC[C@H]1CN(CCc1ccccc1)C(=O)CNCc1ccccc1)[C@@H](C)OCC#CC#CCO[C@H](C)[C@H](NC(=O)[C@@H](C)NC)C(=O)N1CCC[C@H]1CN(CCc1ccccc1)C(=O)CNCc1ccccc1. The van der Waals surface area contributed by atoms with E-state index in [2.05, 4.69) is 55.6 Å². The number of benzene rings is 4. The van der Waals surface area contributed by atoms with Gasteiger partial charge in [-0.15, -0.1) is 0 Å². The summed E-state index contributed by atoms with van der Waals surface area (Å²) in [5.74, 6) is 9.87. The van der Waals surface area contributed by atoms with E-state index in [0.29, 0.717) is 78.0 Å². The first-order chi connectivity index (χ1) is 40.8. The topological polar surface area (TPSA) is 206 Å². The molecule has 0 aromatic heterocycles. The van der Waals surface area contributed by atoms with E-state index in [0.717, 1.165) is 35.1 Å². The maximum Gasteiger partial charge on any atom is 0.248 e. The van der Waals surface area contributed by atoms with Gasteiger partial charge in [0, 0.05) is 64.4 Å². The summed E-state index contributed by atoms with van der Waals surface area (Å²) in [5, 5.41) is 18.3. The number of carbonyl (C=O) groups excluding carboxylic acids is 6. The molecule has 0 spiro atoms. The summed E-state index contributed by atoms with van der Waals surface area (Å²) in [4.78, 5) is 91.0. The van der Waals surface area contributed by atoms with Crippen molar-refractivity contribution in [3.63, 3.8) is 0 Å². The fourth-order valence-electron chi connectivity index (χ4n) is 10.3. The van der Waals surface area contributed by atoms with Gasteiger partial charge in [0.25, 0.3) is 0 Å². The van der Waals surface area contributed by atoms with Gasteiger partial charge >= 0.3 is 0 Å². The Bertz CT molecular complexity index is 2620. The van der Waals surface area contributed by atoms with Crippen LogP contribution in [0.15, 0.2) is 121 Å². The second kappa shape index (κ2) is 35.7. The number of amides is 6. The zero-order valence-electron chi connectivity index (χ0n) is 49.9. The van der Waals surface area contributed by atoms with Gasteiger partial charge in [-0.25, -0.2) is 0 Å². The van der Waals surface area contributed by atoms with Crippen LogP contribution >= 0.6 is 0 Å². The van der Waals surface area contributed by atoms with Crippen LogP contribution in [0.2, 0.25) is 0 Å². The molecule has 8 atom stereocenters. The zero-order chi connectivity index (χ0) is 60.1. The normalized spacial score (nSPS) is 16.8. The third-order valence-electron chi connectivity index (χ3n) is 15.6. The van der Waals surface area contributed by atoms with Crippen molar-refractivity contribution < 1.29 is 38.2 Å². The van der Waals surface area contributed by atoms with Crippen molar-refractivity contribution in [3.05, 3.63) is 144 Å². The van der Waals surface area contributed by atoms with Gasteiger partial charge in [-0.3, -0.25) is 28.8 Å². The maximum absolute atomic E-state index is 14.6. The van der Waals surface area contributed by atoms with Crippen molar-refractivity contribution in [3.8, 4) is 23.7 Å². The smallest absolute Gasteiger partial charge is 0.248 e. The Morgan fingerprint density at radius 1 is 0.524 bits per heavy atom. The third kappa shape index (κ3) is 21.3. The summed E-state index contributed by atoms with van der Waals surface area (Å²) in [5.41, 5.74) is 4.36. The molecule has 2 aliphatic rings. The van der Waals surface area contributed by atoms with Crippen LogP contribution in [0, 0.1) is 23.7 Å². The van der Waals surface area contributed by atoms with Gasteiger partial charge in [0.05, 0.1) is 37.4 Å². The molecule has 6 rings (SSSR count). The molecular formula is C66H88N10O8. The lowest BCUT2D eigenvalue weighted by Gasteiger charge is -2.35. The lowest BCUT2D eigenvalue weighted by atomic mass is 10.1. The summed E-state index contributed by atoms with van der Waals surface area (Å²) in [6.45, 7) is 10.6. The quantitative estimate of drug-likeness (QED) is 0.0388. The number of nitrogens with zero attached hydrogens (tertiary/aromatic N) is 4. The van der Waals surface area contributed by atoms with Gasteiger partial charge in [0.15, 0.2) is 0 Å². The molecule has 0 aliphatic carbocycles. The zero-order valence-corrected chi connectivity index (χ0v) is 49.9. The monoisotopic (exact) mass is 1150 g/mol. The number of likely N-dealkylation sites (tertiary alicyclic amines) is 2. The largest absolute Gasteiger partial charge is 0.363 e. The van der Waals surface area contributed by atoms with Gasteiger partial charge in [0.2, 0.25) is 35.4 Å². The molecule has 0 bridgehead atoms. The summed E-state index contributed by atoms with van der Waals surface area (Å²) < 4.78 is 12.2. The average Bonchev–Trinajstić information content (AvgIpc) is 4.42. The van der Waals surface area contributed by atoms with Crippen LogP contribution in [0.3, 0.4) is 0 Å². The minimum absolute atomic E-state index is 0.0604. The molecule has 4 aromatic carbocycles. The van der Waals surface area contributed by atoms with Crippen molar-refractivity contribution in [2.45, 2.75) is 128 Å². The Morgan fingerprint density at radius 3 is 1.21 bits per heavy atom. The lowest BCUT2D eigenvalue weighted by molar-refractivity contribution is -0.142. The van der Waals surface area contributed by atoms with Gasteiger partial charge in [-0.1, -0.05) is 133 Å². The molecule has 6 N–H and O–H groups in total. The molecule has 2 heterocycles. The van der Waals surface area contributed by atoms with Crippen molar-refractivity contribution in [1.82, 2.24) is 51.5 Å². The van der Waals surface area contributed by atoms with Crippen LogP contribution in [-0.2, 0) is 64.2 Å². The molecule has 0 unspecified atom stereocenters. The highest BCUT2D eigenvalue weighted by molar-refractivity contribution is 5.91. The minimum atomic E-state index is -1.05. The highest BCUT2D eigenvalue weighted by Crippen LogP contribution is 2.23. The number of carbonyl (C=O) groups is 6. The highest BCUT2D eigenvalue weighted by Gasteiger charge is 2.40. The Kier molecular flexibility index (Phi) is 27.9. The van der Waals surface area contributed by atoms with Gasteiger partial charge in [-0.05, 0) is 114 Å². The minimum Gasteiger partial charge on any atom is -0.363 e. The second-order valence-electron chi connectivity index (χ2n) is 21.6. The van der Waals surface area contributed by atoms with E-state index in [4.69, 9.17) is 9.47 Å². The second-order valence-corrected chi connectivity index (χ2v) is 21.6. The molecule has 2 aliphatic heterocycles. The van der Waals surface area contributed by atoms with Crippen molar-refractivity contribution in [2.75, 3.05) is 79.7 Å². The molecular weight excluding hydrogens is 1060 g/mol. The molecule has 450 valence electrons. The summed E-state index contributed by atoms with van der Waals surface area (Å²) in [7, 11) is 3.34. The van der Waals surface area contributed by atoms with E-state index >= 15 is 0 Å². The molecule has 2 saturated heterocycles. The van der Waals surface area contributed by atoms with E-state index in [1.807, 2.05) is 131 Å². The maximum atomic E-state index is 14.6. The Balaban J connectivity index is 1.06. The predicted molar refractivity (Wildman–Crippen MR) is 327 cm³/mol. The number of likely N-dealkylation sites (N-methyl/N-ethyl adjacent to an activating group) is 2. The van der Waals surface area contributed by atoms with Gasteiger partial charge < -0.3 is 61.0 Å². The molecule has 84 heavy (non-hydrogen) atoms. The molecule has 2 fully saturated rings. The number of rotatable bonds is 32. The van der Waals surface area contributed by atoms with Gasteiger partial charge in [0.1, 0.15) is 25.3 Å². The fourth-order valence-corrected chi connectivity index (χ4v) is 10.3. The third-order valence-corrected chi connectivity index (χ3v) is 15.6. The Hall–Kier alpha value is -7.42.